The summed E-state index contributed by atoms with van der Waals surface area (Å²) in [5.74, 6) is 1.75. The minimum Gasteiger partial charge on any atom is -0.495 e. The van der Waals surface area contributed by atoms with Gasteiger partial charge >= 0.3 is 0 Å². The van der Waals surface area contributed by atoms with Gasteiger partial charge in [-0.3, -0.25) is 4.90 Å². The molecule has 0 saturated carbocycles. The number of piperidine rings is 1. The molecule has 3 rings (SSSR count). The number of methoxy groups -OCH3 is 1. The Balaban J connectivity index is 1.95. The van der Waals surface area contributed by atoms with E-state index >= 15 is 0 Å². The first-order chi connectivity index (χ1) is 9.31. The summed E-state index contributed by atoms with van der Waals surface area (Å²) in [5.41, 5.74) is 0.887. The van der Waals surface area contributed by atoms with Gasteiger partial charge in [0.05, 0.1) is 19.3 Å². The third-order valence-corrected chi connectivity index (χ3v) is 3.87. The summed E-state index contributed by atoms with van der Waals surface area (Å²) in [7, 11) is 1.67. The van der Waals surface area contributed by atoms with E-state index in [2.05, 4.69) is 21.9 Å². The molecule has 1 saturated heterocycles. The van der Waals surface area contributed by atoms with Gasteiger partial charge in [0.1, 0.15) is 5.75 Å². The molecule has 3 heterocycles. The Hall–Kier alpha value is -1.62. The van der Waals surface area contributed by atoms with Gasteiger partial charge in [0, 0.05) is 0 Å². The molecule has 0 spiro atoms. The minimum atomic E-state index is 0.365. The summed E-state index contributed by atoms with van der Waals surface area (Å²) < 4.78 is 7.04. The Labute approximate surface area is 113 Å². The molecule has 0 radical (unpaired) electrons. The van der Waals surface area contributed by atoms with E-state index in [-0.39, 0.29) is 0 Å². The highest BCUT2D eigenvalue weighted by Gasteiger charge is 2.26. The van der Waals surface area contributed by atoms with Crippen LogP contribution in [0, 0.1) is 0 Å². The molecule has 102 valence electrons. The molecule has 0 bridgehead atoms. The molecule has 19 heavy (non-hydrogen) atoms. The lowest BCUT2D eigenvalue weighted by atomic mass is 10.0. The number of likely N-dealkylation sites (tertiary alicyclic amines) is 1. The van der Waals surface area contributed by atoms with Gasteiger partial charge in [-0.05, 0) is 38.1 Å². The van der Waals surface area contributed by atoms with E-state index in [1.54, 1.807) is 7.11 Å². The zero-order valence-electron chi connectivity index (χ0n) is 11.5. The van der Waals surface area contributed by atoms with Crippen molar-refractivity contribution in [2.45, 2.75) is 32.2 Å². The van der Waals surface area contributed by atoms with Crippen LogP contribution in [0.5, 0.6) is 5.75 Å². The van der Waals surface area contributed by atoms with E-state index < -0.39 is 0 Å². The van der Waals surface area contributed by atoms with E-state index in [0.29, 0.717) is 6.04 Å². The Kier molecular flexibility index (Phi) is 3.38. The van der Waals surface area contributed by atoms with Crippen molar-refractivity contribution >= 4 is 5.65 Å². The van der Waals surface area contributed by atoms with Gasteiger partial charge in [0.15, 0.2) is 11.5 Å². The number of nitrogens with zero attached hydrogens (tertiary/aromatic N) is 4. The van der Waals surface area contributed by atoms with Crippen LogP contribution >= 0.6 is 0 Å². The predicted octanol–water partition coefficient (Wildman–Crippen LogP) is 2.28. The second kappa shape index (κ2) is 5.17. The smallest absolute Gasteiger partial charge is 0.168 e. The molecule has 2 aromatic rings. The highest BCUT2D eigenvalue weighted by Crippen LogP contribution is 2.28. The molecule has 0 amide bonds. The quantitative estimate of drug-likeness (QED) is 0.849. The summed E-state index contributed by atoms with van der Waals surface area (Å²) in [6.45, 7) is 4.42. The monoisotopic (exact) mass is 260 g/mol. The van der Waals surface area contributed by atoms with Crippen molar-refractivity contribution in [2.24, 2.45) is 0 Å². The second-order valence-corrected chi connectivity index (χ2v) is 4.98. The molecule has 1 fully saturated rings. The van der Waals surface area contributed by atoms with E-state index in [4.69, 9.17) is 4.74 Å². The third-order valence-electron chi connectivity index (χ3n) is 3.87. The normalized spacial score (nSPS) is 20.8. The molecule has 5 nitrogen and oxygen atoms in total. The van der Waals surface area contributed by atoms with Crippen molar-refractivity contribution in [3.8, 4) is 5.75 Å². The van der Waals surface area contributed by atoms with Crippen LogP contribution < -0.4 is 4.74 Å². The van der Waals surface area contributed by atoms with Crippen LogP contribution in [0.3, 0.4) is 0 Å². The molecule has 5 heteroatoms. The van der Waals surface area contributed by atoms with E-state index in [1.165, 1.54) is 12.8 Å². The molecule has 0 aromatic carbocycles. The van der Waals surface area contributed by atoms with Crippen LogP contribution in [0.25, 0.3) is 5.65 Å². The number of aromatic nitrogens is 3. The number of hydrogen-bond acceptors (Lipinski definition) is 4. The fourth-order valence-corrected chi connectivity index (χ4v) is 2.81. The Morgan fingerprint density at radius 1 is 1.37 bits per heavy atom. The highest BCUT2D eigenvalue weighted by atomic mass is 16.5. The molecule has 0 aliphatic carbocycles. The highest BCUT2D eigenvalue weighted by molar-refractivity contribution is 5.40. The second-order valence-electron chi connectivity index (χ2n) is 4.98. The first-order valence-electron chi connectivity index (χ1n) is 6.96. The Morgan fingerprint density at radius 2 is 2.26 bits per heavy atom. The van der Waals surface area contributed by atoms with Crippen molar-refractivity contribution in [1.82, 2.24) is 19.5 Å². The third kappa shape index (κ3) is 2.30. The summed E-state index contributed by atoms with van der Waals surface area (Å²) in [6, 6.07) is 4.24. The standard InChI is InChI=1S/C14H20N4O/c1-3-17-9-5-4-6-12(17)14-15-13-8-7-11(19-2)10-18(13)16-14/h7-8,10,12H,3-6,9H2,1-2H3. The predicted molar refractivity (Wildman–Crippen MR) is 73.4 cm³/mol. The van der Waals surface area contributed by atoms with Crippen LogP contribution in [0.15, 0.2) is 18.3 Å². The minimum absolute atomic E-state index is 0.365. The Morgan fingerprint density at radius 3 is 3.05 bits per heavy atom. The zero-order chi connectivity index (χ0) is 13.2. The maximum absolute atomic E-state index is 5.22. The van der Waals surface area contributed by atoms with Gasteiger partial charge in [-0.15, -0.1) is 5.10 Å². The van der Waals surface area contributed by atoms with E-state index in [9.17, 15) is 0 Å². The van der Waals surface area contributed by atoms with Gasteiger partial charge in [-0.25, -0.2) is 9.50 Å². The molecular weight excluding hydrogens is 240 g/mol. The average molecular weight is 260 g/mol. The van der Waals surface area contributed by atoms with E-state index in [0.717, 1.165) is 36.7 Å². The summed E-state index contributed by atoms with van der Waals surface area (Å²) in [4.78, 5) is 7.13. The SMILES string of the molecule is CCN1CCCCC1c1nc2ccc(OC)cn2n1. The molecule has 2 aromatic heterocycles. The maximum Gasteiger partial charge on any atom is 0.168 e. The molecule has 1 atom stereocenters. The van der Waals surface area contributed by atoms with Crippen molar-refractivity contribution in [1.29, 1.82) is 0 Å². The van der Waals surface area contributed by atoms with Crippen LogP contribution in [-0.2, 0) is 0 Å². The summed E-state index contributed by atoms with van der Waals surface area (Å²) in [5, 5.41) is 4.63. The number of hydrogen-bond donors (Lipinski definition) is 0. The fourth-order valence-electron chi connectivity index (χ4n) is 2.81. The van der Waals surface area contributed by atoms with Crippen LogP contribution in [0.2, 0.25) is 0 Å². The Bertz CT molecular complexity index is 566. The van der Waals surface area contributed by atoms with Gasteiger partial charge in [-0.2, -0.15) is 0 Å². The maximum atomic E-state index is 5.22. The molecule has 1 aliphatic heterocycles. The summed E-state index contributed by atoms with van der Waals surface area (Å²) >= 11 is 0. The fraction of sp³-hybridized carbons (Fsp3) is 0.571. The lowest BCUT2D eigenvalue weighted by Crippen LogP contribution is -2.33. The number of pyridine rings is 1. The van der Waals surface area contributed by atoms with Gasteiger partial charge in [0.25, 0.3) is 0 Å². The van der Waals surface area contributed by atoms with Crippen LogP contribution in [0.4, 0.5) is 0 Å². The number of fused-ring (bicyclic) bond motifs is 1. The number of ether oxygens (including phenoxy) is 1. The van der Waals surface area contributed by atoms with Crippen molar-refractivity contribution in [3.63, 3.8) is 0 Å². The summed E-state index contributed by atoms with van der Waals surface area (Å²) in [6.07, 6.45) is 5.58. The molecule has 1 aliphatic rings. The van der Waals surface area contributed by atoms with Crippen molar-refractivity contribution < 1.29 is 4.74 Å². The van der Waals surface area contributed by atoms with Gasteiger partial charge in [0.2, 0.25) is 0 Å². The molecular formula is C14H20N4O. The largest absolute Gasteiger partial charge is 0.495 e. The van der Waals surface area contributed by atoms with Gasteiger partial charge in [-0.1, -0.05) is 13.3 Å². The molecule has 0 N–H and O–H groups in total. The van der Waals surface area contributed by atoms with Crippen molar-refractivity contribution in [2.75, 3.05) is 20.2 Å². The molecule has 1 unspecified atom stereocenters. The average Bonchev–Trinajstić information content (AvgIpc) is 2.89. The zero-order valence-corrected chi connectivity index (χ0v) is 11.5. The van der Waals surface area contributed by atoms with Crippen LogP contribution in [-0.4, -0.2) is 39.7 Å². The van der Waals surface area contributed by atoms with Crippen molar-refractivity contribution in [3.05, 3.63) is 24.2 Å². The first-order valence-corrected chi connectivity index (χ1v) is 6.96. The lowest BCUT2D eigenvalue weighted by molar-refractivity contribution is 0.150. The first kappa shape index (κ1) is 12.4. The van der Waals surface area contributed by atoms with Crippen LogP contribution in [0.1, 0.15) is 38.1 Å². The van der Waals surface area contributed by atoms with Gasteiger partial charge < -0.3 is 4.74 Å². The van der Waals surface area contributed by atoms with E-state index in [1.807, 2.05) is 22.8 Å². The lowest BCUT2D eigenvalue weighted by Gasteiger charge is -2.32. The number of rotatable bonds is 3. The topological polar surface area (TPSA) is 42.7 Å².